The molecular weight excluding hydrogens is 394 g/mol. The van der Waals surface area contributed by atoms with Gasteiger partial charge in [0.05, 0.1) is 6.54 Å². The van der Waals surface area contributed by atoms with Crippen molar-refractivity contribution in [2.45, 2.75) is 6.10 Å². The first-order valence-electron chi connectivity index (χ1n) is 9.53. The van der Waals surface area contributed by atoms with Crippen LogP contribution in [0.15, 0.2) is 48.5 Å². The number of para-hydroxylation sites is 2. The molecule has 0 radical (unpaired) electrons. The van der Waals surface area contributed by atoms with Gasteiger partial charge in [-0.15, -0.1) is 0 Å². The molecule has 1 fully saturated rings. The van der Waals surface area contributed by atoms with E-state index >= 15 is 0 Å². The Bertz CT molecular complexity index is 899. The van der Waals surface area contributed by atoms with Crippen LogP contribution in [0.5, 0.6) is 11.5 Å². The molecule has 2 aliphatic rings. The molecule has 1 N–H and O–H groups in total. The maximum atomic E-state index is 12.8. The van der Waals surface area contributed by atoms with Gasteiger partial charge in [-0.2, -0.15) is 0 Å². The van der Waals surface area contributed by atoms with Crippen LogP contribution in [0.25, 0.3) is 0 Å². The van der Waals surface area contributed by atoms with Gasteiger partial charge in [-0.1, -0.05) is 29.8 Å². The second-order valence-electron chi connectivity index (χ2n) is 7.02. The van der Waals surface area contributed by atoms with Gasteiger partial charge < -0.3 is 19.7 Å². The predicted molar refractivity (Wildman–Crippen MR) is 109 cm³/mol. The van der Waals surface area contributed by atoms with Crippen LogP contribution in [0.4, 0.5) is 5.69 Å². The SMILES string of the molecule is O=C(CN1CCN(C(=O)[C@H]2COc3ccccc3O2)CC1)Nc1cccc(Cl)c1. The molecule has 2 aromatic carbocycles. The average molecular weight is 416 g/mol. The Morgan fingerprint density at radius 2 is 1.79 bits per heavy atom. The number of benzene rings is 2. The van der Waals surface area contributed by atoms with E-state index in [9.17, 15) is 9.59 Å². The highest BCUT2D eigenvalue weighted by molar-refractivity contribution is 6.30. The molecular formula is C21H22ClN3O4. The third-order valence-corrected chi connectivity index (χ3v) is 5.18. The van der Waals surface area contributed by atoms with E-state index in [-0.39, 0.29) is 25.0 Å². The van der Waals surface area contributed by atoms with E-state index in [1.54, 1.807) is 35.2 Å². The van der Waals surface area contributed by atoms with E-state index in [2.05, 4.69) is 5.32 Å². The zero-order chi connectivity index (χ0) is 20.2. The normalized spacial score (nSPS) is 18.9. The molecule has 0 unspecified atom stereocenters. The van der Waals surface area contributed by atoms with Crippen molar-refractivity contribution < 1.29 is 19.1 Å². The molecule has 29 heavy (non-hydrogen) atoms. The predicted octanol–water partition coefficient (Wildman–Crippen LogP) is 2.26. The van der Waals surface area contributed by atoms with Crippen molar-refractivity contribution in [2.75, 3.05) is 44.6 Å². The number of carbonyl (C=O) groups is 2. The molecule has 1 saturated heterocycles. The largest absolute Gasteiger partial charge is 0.485 e. The van der Waals surface area contributed by atoms with Gasteiger partial charge in [-0.3, -0.25) is 14.5 Å². The van der Waals surface area contributed by atoms with Crippen LogP contribution in [0, 0.1) is 0 Å². The zero-order valence-corrected chi connectivity index (χ0v) is 16.6. The molecule has 0 aromatic heterocycles. The van der Waals surface area contributed by atoms with Crippen LogP contribution >= 0.6 is 11.6 Å². The Balaban J connectivity index is 1.25. The second-order valence-corrected chi connectivity index (χ2v) is 7.46. The fraction of sp³-hybridized carbons (Fsp3) is 0.333. The molecule has 2 heterocycles. The van der Waals surface area contributed by atoms with Gasteiger partial charge >= 0.3 is 0 Å². The van der Waals surface area contributed by atoms with Crippen molar-refractivity contribution in [3.05, 3.63) is 53.6 Å². The van der Waals surface area contributed by atoms with Gasteiger partial charge in [-0.05, 0) is 30.3 Å². The fourth-order valence-electron chi connectivity index (χ4n) is 3.44. The van der Waals surface area contributed by atoms with Crippen molar-refractivity contribution >= 4 is 29.1 Å². The second kappa shape index (κ2) is 8.71. The number of hydrogen-bond donors (Lipinski definition) is 1. The van der Waals surface area contributed by atoms with Gasteiger partial charge in [0.1, 0.15) is 6.61 Å². The van der Waals surface area contributed by atoms with Gasteiger partial charge in [0, 0.05) is 36.9 Å². The standard InChI is InChI=1S/C21H22ClN3O4/c22-15-4-3-5-16(12-15)23-20(26)13-24-8-10-25(11-9-24)21(27)19-14-28-17-6-1-2-7-18(17)29-19/h1-7,12,19H,8-11,13-14H2,(H,23,26)/t19-/m1/s1. The lowest BCUT2D eigenvalue weighted by atomic mass is 10.2. The number of fused-ring (bicyclic) bond motifs is 1. The summed E-state index contributed by atoms with van der Waals surface area (Å²) in [5, 5.41) is 3.42. The van der Waals surface area contributed by atoms with Crippen molar-refractivity contribution in [2.24, 2.45) is 0 Å². The lowest BCUT2D eigenvalue weighted by Gasteiger charge is -2.36. The number of carbonyl (C=O) groups excluding carboxylic acids is 2. The minimum atomic E-state index is -0.637. The summed E-state index contributed by atoms with van der Waals surface area (Å²) in [6.45, 7) is 2.82. The molecule has 152 valence electrons. The molecule has 2 amide bonds. The highest BCUT2D eigenvalue weighted by Gasteiger charge is 2.32. The van der Waals surface area contributed by atoms with Crippen LogP contribution in [0.2, 0.25) is 5.02 Å². The molecule has 0 bridgehead atoms. The van der Waals surface area contributed by atoms with Gasteiger partial charge in [-0.25, -0.2) is 0 Å². The quantitative estimate of drug-likeness (QED) is 0.829. The maximum Gasteiger partial charge on any atom is 0.267 e. The summed E-state index contributed by atoms with van der Waals surface area (Å²) in [4.78, 5) is 28.8. The molecule has 7 nitrogen and oxygen atoms in total. The minimum absolute atomic E-state index is 0.0810. The third-order valence-electron chi connectivity index (χ3n) is 4.94. The Hall–Kier alpha value is -2.77. The number of piperazine rings is 1. The van der Waals surface area contributed by atoms with Crippen molar-refractivity contribution in [1.29, 1.82) is 0 Å². The first kappa shape index (κ1) is 19.5. The molecule has 2 aliphatic heterocycles. The number of amides is 2. The summed E-state index contributed by atoms with van der Waals surface area (Å²) in [6.07, 6.45) is -0.637. The molecule has 8 heteroatoms. The lowest BCUT2D eigenvalue weighted by Crippen LogP contribution is -2.54. The zero-order valence-electron chi connectivity index (χ0n) is 15.8. The van der Waals surface area contributed by atoms with Crippen molar-refractivity contribution in [3.63, 3.8) is 0 Å². The highest BCUT2D eigenvalue weighted by Crippen LogP contribution is 2.31. The van der Waals surface area contributed by atoms with Gasteiger partial charge in [0.2, 0.25) is 12.0 Å². The lowest BCUT2D eigenvalue weighted by molar-refractivity contribution is -0.143. The number of hydrogen-bond acceptors (Lipinski definition) is 5. The first-order chi connectivity index (χ1) is 14.1. The summed E-state index contributed by atoms with van der Waals surface area (Å²) in [5.74, 6) is 1.07. The summed E-state index contributed by atoms with van der Waals surface area (Å²) >= 11 is 5.94. The van der Waals surface area contributed by atoms with Crippen LogP contribution in [-0.2, 0) is 9.59 Å². The fourth-order valence-corrected chi connectivity index (χ4v) is 3.63. The minimum Gasteiger partial charge on any atom is -0.485 e. The number of rotatable bonds is 4. The van der Waals surface area contributed by atoms with Gasteiger partial charge in [0.15, 0.2) is 11.5 Å². The molecule has 0 aliphatic carbocycles. The number of nitrogens with one attached hydrogen (secondary N) is 1. The number of ether oxygens (including phenoxy) is 2. The Kier molecular flexibility index (Phi) is 5.87. The maximum absolute atomic E-state index is 12.8. The van der Waals surface area contributed by atoms with E-state index < -0.39 is 6.10 Å². The summed E-state index contributed by atoms with van der Waals surface area (Å²) in [5.41, 5.74) is 0.672. The average Bonchev–Trinajstić information content (AvgIpc) is 2.73. The summed E-state index contributed by atoms with van der Waals surface area (Å²) in [6, 6.07) is 14.4. The number of nitrogens with zero attached hydrogens (tertiary/aromatic N) is 2. The van der Waals surface area contributed by atoms with Crippen molar-refractivity contribution in [3.8, 4) is 11.5 Å². The highest BCUT2D eigenvalue weighted by atomic mass is 35.5. The Morgan fingerprint density at radius 3 is 2.55 bits per heavy atom. The van der Waals surface area contributed by atoms with E-state index in [0.29, 0.717) is 48.4 Å². The van der Waals surface area contributed by atoms with Crippen LogP contribution in [0.3, 0.4) is 0 Å². The Morgan fingerprint density at radius 1 is 1.03 bits per heavy atom. The molecule has 4 rings (SSSR count). The number of halogens is 1. The smallest absolute Gasteiger partial charge is 0.267 e. The van der Waals surface area contributed by atoms with Crippen LogP contribution in [0.1, 0.15) is 0 Å². The van der Waals surface area contributed by atoms with Crippen LogP contribution in [-0.4, -0.2) is 67.0 Å². The Labute approximate surface area is 174 Å². The topological polar surface area (TPSA) is 71.1 Å². The van der Waals surface area contributed by atoms with E-state index in [0.717, 1.165) is 0 Å². The molecule has 2 aromatic rings. The third kappa shape index (κ3) is 4.81. The van der Waals surface area contributed by atoms with E-state index in [1.165, 1.54) is 0 Å². The molecule has 0 saturated carbocycles. The van der Waals surface area contributed by atoms with E-state index in [4.69, 9.17) is 21.1 Å². The van der Waals surface area contributed by atoms with E-state index in [1.807, 2.05) is 23.1 Å². The first-order valence-corrected chi connectivity index (χ1v) is 9.91. The number of anilines is 1. The molecule has 0 spiro atoms. The van der Waals surface area contributed by atoms with Crippen molar-refractivity contribution in [1.82, 2.24) is 9.80 Å². The summed E-state index contributed by atoms with van der Waals surface area (Å²) in [7, 11) is 0. The monoisotopic (exact) mass is 415 g/mol. The van der Waals surface area contributed by atoms with Gasteiger partial charge in [0.25, 0.3) is 5.91 Å². The summed E-state index contributed by atoms with van der Waals surface area (Å²) < 4.78 is 11.5. The van der Waals surface area contributed by atoms with Crippen LogP contribution < -0.4 is 14.8 Å². The molecule has 1 atom stereocenters.